The highest BCUT2D eigenvalue weighted by Gasteiger charge is 2.37. The first-order valence-electron chi connectivity index (χ1n) is 8.81. The highest BCUT2D eigenvalue weighted by molar-refractivity contribution is 6.22. The van der Waals surface area contributed by atoms with Gasteiger partial charge in [0.1, 0.15) is 0 Å². The number of rotatable bonds is 5. The standard InChI is InChI=1S/C21H20N2O5/c1-12(2)23-19(25)16-9-8-15(10-17(16)20(23)26)18(24)22-11-13-4-6-14(7-5-13)21(27)28-3/h4-10,12H,11H2,1-3H3,(H,22,24). The molecule has 1 N–H and O–H groups in total. The number of nitrogens with zero attached hydrogens (tertiary/aromatic N) is 1. The first kappa shape index (κ1) is 19.3. The Kier molecular flexibility index (Phi) is 5.26. The summed E-state index contributed by atoms with van der Waals surface area (Å²) in [5.74, 6) is -1.51. The predicted molar refractivity (Wildman–Crippen MR) is 101 cm³/mol. The third kappa shape index (κ3) is 3.51. The summed E-state index contributed by atoms with van der Waals surface area (Å²) in [6.45, 7) is 3.78. The first-order chi connectivity index (χ1) is 13.3. The van der Waals surface area contributed by atoms with E-state index in [-0.39, 0.29) is 35.9 Å². The Morgan fingerprint density at radius 1 is 0.964 bits per heavy atom. The molecule has 1 aliphatic rings. The van der Waals surface area contributed by atoms with E-state index in [2.05, 4.69) is 10.1 Å². The van der Waals surface area contributed by atoms with Crippen LogP contribution in [0.2, 0.25) is 0 Å². The molecule has 144 valence electrons. The summed E-state index contributed by atoms with van der Waals surface area (Å²) in [6.07, 6.45) is 0. The second-order valence-corrected chi connectivity index (χ2v) is 6.71. The molecule has 1 aliphatic heterocycles. The van der Waals surface area contributed by atoms with Crippen LogP contribution >= 0.6 is 0 Å². The number of ether oxygens (including phenoxy) is 1. The predicted octanol–water partition coefficient (Wildman–Crippen LogP) is 2.41. The van der Waals surface area contributed by atoms with E-state index in [0.29, 0.717) is 16.7 Å². The van der Waals surface area contributed by atoms with E-state index in [0.717, 1.165) is 5.56 Å². The third-order valence-electron chi connectivity index (χ3n) is 4.52. The van der Waals surface area contributed by atoms with Gasteiger partial charge in [-0.15, -0.1) is 0 Å². The minimum atomic E-state index is -0.427. The molecule has 28 heavy (non-hydrogen) atoms. The van der Waals surface area contributed by atoms with Gasteiger partial charge in [0.05, 0.1) is 23.8 Å². The molecular formula is C21H20N2O5. The highest BCUT2D eigenvalue weighted by atomic mass is 16.5. The molecule has 7 heteroatoms. The normalized spacial score (nSPS) is 12.9. The van der Waals surface area contributed by atoms with Crippen LogP contribution in [-0.2, 0) is 11.3 Å². The Morgan fingerprint density at radius 3 is 2.18 bits per heavy atom. The van der Waals surface area contributed by atoms with E-state index >= 15 is 0 Å². The van der Waals surface area contributed by atoms with Crippen molar-refractivity contribution in [1.29, 1.82) is 0 Å². The van der Waals surface area contributed by atoms with Crippen LogP contribution in [0.1, 0.15) is 60.8 Å². The number of carbonyl (C=O) groups excluding carboxylic acids is 4. The molecule has 3 amide bonds. The molecule has 0 unspecified atom stereocenters. The average Bonchev–Trinajstić information content (AvgIpc) is 2.95. The highest BCUT2D eigenvalue weighted by Crippen LogP contribution is 2.25. The molecule has 3 rings (SSSR count). The van der Waals surface area contributed by atoms with Gasteiger partial charge in [0.25, 0.3) is 17.7 Å². The number of amides is 3. The molecule has 7 nitrogen and oxygen atoms in total. The van der Waals surface area contributed by atoms with Crippen molar-refractivity contribution in [2.45, 2.75) is 26.4 Å². The van der Waals surface area contributed by atoms with Crippen LogP contribution in [-0.4, -0.2) is 41.7 Å². The zero-order valence-electron chi connectivity index (χ0n) is 15.8. The average molecular weight is 380 g/mol. The Hall–Kier alpha value is -3.48. The van der Waals surface area contributed by atoms with Gasteiger partial charge < -0.3 is 10.1 Å². The molecule has 0 saturated carbocycles. The summed E-state index contributed by atoms with van der Waals surface area (Å²) < 4.78 is 4.64. The summed E-state index contributed by atoms with van der Waals surface area (Å²) in [6, 6.07) is 10.9. The van der Waals surface area contributed by atoms with Gasteiger partial charge in [0, 0.05) is 18.2 Å². The SMILES string of the molecule is COC(=O)c1ccc(CNC(=O)c2ccc3c(c2)C(=O)N(C(C)C)C3=O)cc1. The number of methoxy groups -OCH3 is 1. The van der Waals surface area contributed by atoms with Crippen LogP contribution in [0.25, 0.3) is 0 Å². The quantitative estimate of drug-likeness (QED) is 0.635. The maximum Gasteiger partial charge on any atom is 0.337 e. The summed E-state index contributed by atoms with van der Waals surface area (Å²) in [7, 11) is 1.31. The Labute approximate surface area is 162 Å². The smallest absolute Gasteiger partial charge is 0.337 e. The van der Waals surface area contributed by atoms with Gasteiger partial charge in [-0.05, 0) is 49.7 Å². The van der Waals surface area contributed by atoms with Crippen LogP contribution in [0.4, 0.5) is 0 Å². The van der Waals surface area contributed by atoms with Gasteiger partial charge in [-0.1, -0.05) is 12.1 Å². The molecule has 0 spiro atoms. The number of hydrogen-bond acceptors (Lipinski definition) is 5. The van der Waals surface area contributed by atoms with Gasteiger partial charge in [-0.2, -0.15) is 0 Å². The van der Waals surface area contributed by atoms with Crippen LogP contribution in [0.3, 0.4) is 0 Å². The Balaban J connectivity index is 1.70. The van der Waals surface area contributed by atoms with Gasteiger partial charge in [0.15, 0.2) is 0 Å². The molecule has 2 aromatic rings. The van der Waals surface area contributed by atoms with Gasteiger partial charge in [-0.3, -0.25) is 19.3 Å². The summed E-state index contributed by atoms with van der Waals surface area (Å²) in [5, 5.41) is 2.76. The lowest BCUT2D eigenvalue weighted by molar-refractivity contribution is 0.0592. The van der Waals surface area contributed by atoms with Crippen molar-refractivity contribution in [2.24, 2.45) is 0 Å². The largest absolute Gasteiger partial charge is 0.465 e. The molecule has 0 radical (unpaired) electrons. The molecule has 0 atom stereocenters. The monoisotopic (exact) mass is 380 g/mol. The van der Waals surface area contributed by atoms with Crippen LogP contribution in [0.5, 0.6) is 0 Å². The van der Waals surface area contributed by atoms with Gasteiger partial charge in [0.2, 0.25) is 0 Å². The fraction of sp³-hybridized carbons (Fsp3) is 0.238. The number of esters is 1. The summed E-state index contributed by atoms with van der Waals surface area (Å²) >= 11 is 0. The molecule has 0 aromatic heterocycles. The van der Waals surface area contributed by atoms with E-state index < -0.39 is 5.97 Å². The number of fused-ring (bicyclic) bond motifs is 1. The Bertz CT molecular complexity index is 963. The van der Waals surface area contributed by atoms with Gasteiger partial charge in [-0.25, -0.2) is 4.79 Å². The summed E-state index contributed by atoms with van der Waals surface area (Å²) in [4.78, 5) is 49.8. The van der Waals surface area contributed by atoms with E-state index in [1.807, 2.05) is 0 Å². The zero-order chi connectivity index (χ0) is 20.4. The van der Waals surface area contributed by atoms with Crippen molar-refractivity contribution in [1.82, 2.24) is 10.2 Å². The molecule has 0 fully saturated rings. The molecule has 2 aromatic carbocycles. The van der Waals surface area contributed by atoms with E-state index in [4.69, 9.17) is 0 Å². The Morgan fingerprint density at radius 2 is 1.57 bits per heavy atom. The maximum atomic E-state index is 12.5. The van der Waals surface area contributed by atoms with Crippen molar-refractivity contribution in [2.75, 3.05) is 7.11 Å². The van der Waals surface area contributed by atoms with Crippen molar-refractivity contribution in [3.05, 3.63) is 70.3 Å². The van der Waals surface area contributed by atoms with E-state index in [1.54, 1.807) is 38.1 Å². The van der Waals surface area contributed by atoms with Crippen molar-refractivity contribution in [3.63, 3.8) is 0 Å². The number of benzene rings is 2. The molecular weight excluding hydrogens is 360 g/mol. The third-order valence-corrected chi connectivity index (χ3v) is 4.52. The van der Waals surface area contributed by atoms with Crippen molar-refractivity contribution in [3.8, 4) is 0 Å². The molecule has 0 aliphatic carbocycles. The lowest BCUT2D eigenvalue weighted by Crippen LogP contribution is -2.35. The second kappa shape index (κ2) is 7.64. The molecule has 0 bridgehead atoms. The first-order valence-corrected chi connectivity index (χ1v) is 8.81. The number of nitrogens with one attached hydrogen (secondary N) is 1. The maximum absolute atomic E-state index is 12.5. The minimum absolute atomic E-state index is 0.244. The van der Waals surface area contributed by atoms with Crippen LogP contribution in [0, 0.1) is 0 Å². The molecule has 0 saturated heterocycles. The van der Waals surface area contributed by atoms with Crippen molar-refractivity contribution < 1.29 is 23.9 Å². The van der Waals surface area contributed by atoms with E-state index in [1.165, 1.54) is 30.2 Å². The topological polar surface area (TPSA) is 92.8 Å². The lowest BCUT2D eigenvalue weighted by Gasteiger charge is -2.17. The fourth-order valence-corrected chi connectivity index (χ4v) is 3.03. The zero-order valence-corrected chi connectivity index (χ0v) is 15.8. The van der Waals surface area contributed by atoms with Crippen molar-refractivity contribution >= 4 is 23.7 Å². The summed E-state index contributed by atoms with van der Waals surface area (Å²) in [5.41, 5.74) is 2.09. The van der Waals surface area contributed by atoms with E-state index in [9.17, 15) is 19.2 Å². The number of carbonyl (C=O) groups is 4. The lowest BCUT2D eigenvalue weighted by atomic mass is 10.1. The number of hydrogen-bond donors (Lipinski definition) is 1. The van der Waals surface area contributed by atoms with Gasteiger partial charge >= 0.3 is 5.97 Å². The fourth-order valence-electron chi connectivity index (χ4n) is 3.03. The molecule has 1 heterocycles. The van der Waals surface area contributed by atoms with Crippen LogP contribution in [0.15, 0.2) is 42.5 Å². The van der Waals surface area contributed by atoms with Crippen LogP contribution < -0.4 is 5.32 Å². The minimum Gasteiger partial charge on any atom is -0.465 e. The number of imide groups is 1. The second-order valence-electron chi connectivity index (χ2n) is 6.71.